The normalized spacial score (nSPS) is 13.5. The fourth-order valence-corrected chi connectivity index (χ4v) is 2.04. The standard InChI is InChI=1S/C17H26N2O3/c1-5-12(4)16(17(18)21)19-15(20)10-22-14-8-6-13(7-9-14)11(2)3/h6-9,11-12,16H,5,10H2,1-4H3,(H2,18,21)(H,19,20). The first-order chi connectivity index (χ1) is 10.3. The third kappa shape index (κ3) is 5.39. The highest BCUT2D eigenvalue weighted by Gasteiger charge is 2.23. The molecular weight excluding hydrogens is 280 g/mol. The number of benzene rings is 1. The Morgan fingerprint density at radius 1 is 1.18 bits per heavy atom. The molecule has 0 radical (unpaired) electrons. The van der Waals surface area contributed by atoms with E-state index < -0.39 is 11.9 Å². The second-order valence-corrected chi connectivity index (χ2v) is 5.85. The van der Waals surface area contributed by atoms with Crippen LogP contribution in [0.2, 0.25) is 0 Å². The number of primary amides is 1. The molecule has 0 aromatic heterocycles. The fourth-order valence-electron chi connectivity index (χ4n) is 2.04. The SMILES string of the molecule is CCC(C)C(NC(=O)COc1ccc(C(C)C)cc1)C(N)=O. The van der Waals surface area contributed by atoms with Gasteiger partial charge in [-0.05, 0) is 29.5 Å². The van der Waals surface area contributed by atoms with Crippen LogP contribution in [0.1, 0.15) is 45.6 Å². The average molecular weight is 306 g/mol. The molecule has 1 aromatic carbocycles. The molecule has 2 unspecified atom stereocenters. The number of carbonyl (C=O) groups excluding carboxylic acids is 2. The predicted molar refractivity (Wildman–Crippen MR) is 86.6 cm³/mol. The number of carbonyl (C=O) groups is 2. The minimum absolute atomic E-state index is 0.00762. The predicted octanol–water partition coefficient (Wildman–Crippen LogP) is 2.21. The highest BCUT2D eigenvalue weighted by Crippen LogP contribution is 2.18. The van der Waals surface area contributed by atoms with Gasteiger partial charge in [0.2, 0.25) is 5.91 Å². The van der Waals surface area contributed by atoms with Gasteiger partial charge in [-0.1, -0.05) is 46.2 Å². The molecule has 1 aromatic rings. The maximum atomic E-state index is 11.9. The van der Waals surface area contributed by atoms with Crippen molar-refractivity contribution in [1.29, 1.82) is 0 Å². The first-order valence-electron chi connectivity index (χ1n) is 7.66. The molecule has 0 aliphatic rings. The second kappa shape index (κ2) is 8.41. The lowest BCUT2D eigenvalue weighted by Crippen LogP contribution is -2.49. The average Bonchev–Trinajstić information content (AvgIpc) is 2.49. The van der Waals surface area contributed by atoms with Crippen molar-refractivity contribution in [3.8, 4) is 5.75 Å². The summed E-state index contributed by atoms with van der Waals surface area (Å²) in [5.41, 5.74) is 6.53. The number of amides is 2. The van der Waals surface area contributed by atoms with Crippen LogP contribution in [0.5, 0.6) is 5.75 Å². The Morgan fingerprint density at radius 2 is 1.77 bits per heavy atom. The van der Waals surface area contributed by atoms with Gasteiger partial charge in [-0.2, -0.15) is 0 Å². The van der Waals surface area contributed by atoms with Gasteiger partial charge in [-0.15, -0.1) is 0 Å². The van der Waals surface area contributed by atoms with Gasteiger partial charge in [-0.3, -0.25) is 9.59 Å². The molecule has 0 aliphatic heterocycles. The van der Waals surface area contributed by atoms with Crippen LogP contribution in [0.4, 0.5) is 0 Å². The smallest absolute Gasteiger partial charge is 0.258 e. The molecule has 0 saturated carbocycles. The Labute approximate surface area is 132 Å². The molecule has 22 heavy (non-hydrogen) atoms. The summed E-state index contributed by atoms with van der Waals surface area (Å²) in [5.74, 6) is 0.190. The lowest BCUT2D eigenvalue weighted by atomic mass is 9.99. The molecule has 122 valence electrons. The van der Waals surface area contributed by atoms with Crippen molar-refractivity contribution >= 4 is 11.8 Å². The molecule has 3 N–H and O–H groups in total. The lowest BCUT2D eigenvalue weighted by molar-refractivity contribution is -0.129. The molecule has 0 spiro atoms. The van der Waals surface area contributed by atoms with Crippen LogP contribution in [0.25, 0.3) is 0 Å². The number of hydrogen-bond acceptors (Lipinski definition) is 3. The van der Waals surface area contributed by atoms with Crippen molar-refractivity contribution in [2.75, 3.05) is 6.61 Å². The van der Waals surface area contributed by atoms with Crippen LogP contribution in [-0.2, 0) is 9.59 Å². The van der Waals surface area contributed by atoms with E-state index in [0.717, 1.165) is 6.42 Å². The zero-order valence-electron chi connectivity index (χ0n) is 13.8. The van der Waals surface area contributed by atoms with Gasteiger partial charge < -0.3 is 15.8 Å². The van der Waals surface area contributed by atoms with E-state index in [1.165, 1.54) is 5.56 Å². The van der Waals surface area contributed by atoms with Crippen molar-refractivity contribution in [2.45, 2.75) is 46.1 Å². The minimum Gasteiger partial charge on any atom is -0.484 e. The van der Waals surface area contributed by atoms with Crippen LogP contribution in [0.3, 0.4) is 0 Å². The summed E-state index contributed by atoms with van der Waals surface area (Å²) in [5, 5.41) is 2.63. The topological polar surface area (TPSA) is 81.4 Å². The van der Waals surface area contributed by atoms with E-state index >= 15 is 0 Å². The van der Waals surface area contributed by atoms with Gasteiger partial charge in [-0.25, -0.2) is 0 Å². The van der Waals surface area contributed by atoms with Crippen molar-refractivity contribution in [3.05, 3.63) is 29.8 Å². The summed E-state index contributed by atoms with van der Waals surface area (Å²) in [6.07, 6.45) is 0.755. The van der Waals surface area contributed by atoms with E-state index in [1.807, 2.05) is 38.1 Å². The van der Waals surface area contributed by atoms with Crippen molar-refractivity contribution in [1.82, 2.24) is 5.32 Å². The molecule has 5 heteroatoms. The minimum atomic E-state index is -0.663. The summed E-state index contributed by atoms with van der Waals surface area (Å²) in [4.78, 5) is 23.3. The summed E-state index contributed by atoms with van der Waals surface area (Å²) < 4.78 is 5.43. The molecule has 2 atom stereocenters. The fraction of sp³-hybridized carbons (Fsp3) is 0.529. The van der Waals surface area contributed by atoms with E-state index in [0.29, 0.717) is 11.7 Å². The summed E-state index contributed by atoms with van der Waals surface area (Å²) >= 11 is 0. The molecule has 0 aliphatic carbocycles. The Kier molecular flexibility index (Phi) is 6.89. The summed E-state index contributed by atoms with van der Waals surface area (Å²) in [6, 6.07) is 6.96. The van der Waals surface area contributed by atoms with E-state index in [1.54, 1.807) is 0 Å². The van der Waals surface area contributed by atoms with Crippen LogP contribution in [0, 0.1) is 5.92 Å². The maximum absolute atomic E-state index is 11.9. The zero-order chi connectivity index (χ0) is 16.7. The molecule has 5 nitrogen and oxygen atoms in total. The Hall–Kier alpha value is -2.04. The largest absolute Gasteiger partial charge is 0.484 e. The molecule has 2 amide bonds. The van der Waals surface area contributed by atoms with Gasteiger partial charge in [0.05, 0.1) is 0 Å². The first-order valence-corrected chi connectivity index (χ1v) is 7.66. The van der Waals surface area contributed by atoms with E-state index in [4.69, 9.17) is 10.5 Å². The van der Waals surface area contributed by atoms with Gasteiger partial charge >= 0.3 is 0 Å². The quantitative estimate of drug-likeness (QED) is 0.772. The van der Waals surface area contributed by atoms with Crippen LogP contribution < -0.4 is 15.8 Å². The third-order valence-corrected chi connectivity index (χ3v) is 3.75. The van der Waals surface area contributed by atoms with Crippen molar-refractivity contribution in [3.63, 3.8) is 0 Å². The van der Waals surface area contributed by atoms with E-state index in [-0.39, 0.29) is 18.4 Å². The van der Waals surface area contributed by atoms with Crippen LogP contribution >= 0.6 is 0 Å². The van der Waals surface area contributed by atoms with E-state index in [2.05, 4.69) is 19.2 Å². The highest BCUT2D eigenvalue weighted by atomic mass is 16.5. The van der Waals surface area contributed by atoms with Gasteiger partial charge in [0.1, 0.15) is 11.8 Å². The molecular formula is C17H26N2O3. The molecule has 1 rings (SSSR count). The number of nitrogens with two attached hydrogens (primary N) is 1. The Bertz CT molecular complexity index is 497. The second-order valence-electron chi connectivity index (χ2n) is 5.85. The van der Waals surface area contributed by atoms with Crippen LogP contribution in [0.15, 0.2) is 24.3 Å². The lowest BCUT2D eigenvalue weighted by Gasteiger charge is -2.21. The van der Waals surface area contributed by atoms with Crippen molar-refractivity contribution in [2.24, 2.45) is 11.7 Å². The van der Waals surface area contributed by atoms with E-state index in [9.17, 15) is 9.59 Å². The molecule has 0 bridgehead atoms. The Balaban J connectivity index is 2.53. The van der Waals surface area contributed by atoms with Gasteiger partial charge in [0, 0.05) is 0 Å². The van der Waals surface area contributed by atoms with Crippen molar-refractivity contribution < 1.29 is 14.3 Å². The zero-order valence-corrected chi connectivity index (χ0v) is 13.8. The monoisotopic (exact) mass is 306 g/mol. The highest BCUT2D eigenvalue weighted by molar-refractivity contribution is 5.87. The summed E-state index contributed by atoms with van der Waals surface area (Å²) in [7, 11) is 0. The molecule has 0 heterocycles. The third-order valence-electron chi connectivity index (χ3n) is 3.75. The molecule has 0 saturated heterocycles. The van der Waals surface area contributed by atoms with Gasteiger partial charge in [0.25, 0.3) is 5.91 Å². The number of rotatable bonds is 8. The maximum Gasteiger partial charge on any atom is 0.258 e. The Morgan fingerprint density at radius 3 is 2.23 bits per heavy atom. The van der Waals surface area contributed by atoms with Crippen LogP contribution in [-0.4, -0.2) is 24.5 Å². The number of hydrogen-bond donors (Lipinski definition) is 2. The first kappa shape index (κ1) is 18.0. The summed E-state index contributed by atoms with van der Waals surface area (Å²) in [6.45, 7) is 7.91. The van der Waals surface area contributed by atoms with Gasteiger partial charge in [0.15, 0.2) is 6.61 Å². The number of nitrogens with one attached hydrogen (secondary N) is 1. The molecule has 0 fully saturated rings. The number of ether oxygens (including phenoxy) is 1.